The molecular weight excluding hydrogens is 913 g/mol. The Bertz CT molecular complexity index is 1960. The van der Waals surface area contributed by atoms with Gasteiger partial charge < -0.3 is 18.4 Å². The minimum Gasteiger partial charge on any atom is -0.489 e. The van der Waals surface area contributed by atoms with Crippen molar-refractivity contribution in [1.82, 2.24) is 0 Å². The van der Waals surface area contributed by atoms with Crippen LogP contribution in [0.4, 0.5) is 52.7 Å². The van der Waals surface area contributed by atoms with E-state index in [0.717, 1.165) is 128 Å². The normalized spacial score (nSPS) is 11.9. The van der Waals surface area contributed by atoms with Crippen LogP contribution < -0.4 is 14.0 Å². The molecule has 4 aromatic rings. The maximum atomic E-state index is 16.6. The summed E-state index contributed by atoms with van der Waals surface area (Å²) in [4.78, 5) is 0. The molecule has 378 valence electrons. The van der Waals surface area contributed by atoms with Crippen molar-refractivity contribution in [2.75, 3.05) is 19.6 Å². The summed E-state index contributed by atoms with van der Waals surface area (Å²) in [6.07, 6.45) is 18.2. The summed E-state index contributed by atoms with van der Waals surface area (Å²) < 4.78 is 185. The number of quaternary nitrogens is 1. The first-order valence-electron chi connectivity index (χ1n) is 23.9. The largest absolute Gasteiger partial charge is 0.864 e. The number of rotatable bonds is 30. The van der Waals surface area contributed by atoms with Crippen molar-refractivity contribution in [1.29, 1.82) is 0 Å². The molecule has 68 heavy (non-hydrogen) atoms. The summed E-state index contributed by atoms with van der Waals surface area (Å²) in [5, 5.41) is 0. The monoisotopic (exact) mass is 977 g/mol. The Balaban J connectivity index is 0.00000121. The number of unbranched alkanes of at least 4 members (excludes halogenated alkanes) is 15. The van der Waals surface area contributed by atoms with E-state index in [0.29, 0.717) is 54.4 Å². The molecule has 4 nitrogen and oxygen atoms in total. The van der Waals surface area contributed by atoms with Crippen LogP contribution in [0.3, 0.4) is 0 Å². The van der Waals surface area contributed by atoms with E-state index >= 15 is 13.2 Å². The number of hydrogen-bond donors (Lipinski definition) is 0. The highest BCUT2D eigenvalue weighted by molar-refractivity contribution is 6.39. The fourth-order valence-electron chi connectivity index (χ4n) is 8.31. The number of benzene rings is 4. The van der Waals surface area contributed by atoms with E-state index in [4.69, 9.17) is 14.0 Å². The van der Waals surface area contributed by atoms with E-state index in [1.54, 1.807) is 0 Å². The van der Waals surface area contributed by atoms with E-state index in [2.05, 4.69) is 26.8 Å². The fourth-order valence-corrected chi connectivity index (χ4v) is 8.31. The molecule has 0 aliphatic rings. The molecule has 0 saturated heterocycles. The van der Waals surface area contributed by atoms with Crippen LogP contribution in [-0.2, 0) is 0 Å². The first-order valence-corrected chi connectivity index (χ1v) is 23.9. The van der Waals surface area contributed by atoms with E-state index in [-0.39, 0.29) is 12.0 Å². The van der Waals surface area contributed by atoms with Gasteiger partial charge in [0.15, 0.2) is 52.4 Å². The molecule has 0 heterocycles. The van der Waals surface area contributed by atoms with Crippen LogP contribution in [0.15, 0.2) is 42.5 Å². The van der Waals surface area contributed by atoms with E-state index in [1.165, 1.54) is 0 Å². The van der Waals surface area contributed by atoms with Crippen molar-refractivity contribution < 1.29 is 71.1 Å². The average Bonchev–Trinajstić information content (AvgIpc) is 3.30. The van der Waals surface area contributed by atoms with Crippen molar-refractivity contribution in [3.05, 3.63) is 124 Å². The Morgan fingerprint density at radius 3 is 1.10 bits per heavy atom. The zero-order valence-corrected chi connectivity index (χ0v) is 39.5. The second kappa shape index (κ2) is 30.2. The summed E-state index contributed by atoms with van der Waals surface area (Å²) in [6, 6.07) is 5.05. The summed E-state index contributed by atoms with van der Waals surface area (Å²) in [6.45, 7) is 10.1. The summed E-state index contributed by atoms with van der Waals surface area (Å²) >= 11 is 0. The van der Waals surface area contributed by atoms with Crippen molar-refractivity contribution >= 4 is 7.32 Å². The first-order chi connectivity index (χ1) is 32.5. The lowest BCUT2D eigenvalue weighted by atomic mass is 9.94. The van der Waals surface area contributed by atoms with Gasteiger partial charge in [-0.05, 0) is 38.5 Å². The van der Waals surface area contributed by atoms with Gasteiger partial charge in [-0.2, -0.15) is 6.07 Å². The molecular formula is C51H64BF12NO3. The Morgan fingerprint density at radius 1 is 0.412 bits per heavy atom. The Kier molecular flexibility index (Phi) is 25.6. The summed E-state index contributed by atoms with van der Waals surface area (Å²) in [5.41, 5.74) is -0.334. The molecule has 1 unspecified atom stereocenters. The molecule has 0 aromatic heterocycles. The molecule has 4 rings (SSSR count). The van der Waals surface area contributed by atoms with Crippen LogP contribution in [0.25, 0.3) is 0 Å². The van der Waals surface area contributed by atoms with Crippen LogP contribution >= 0.6 is 0 Å². The zero-order valence-electron chi connectivity index (χ0n) is 39.5. The zero-order chi connectivity index (χ0) is 50.2. The Labute approximate surface area is 394 Å². The van der Waals surface area contributed by atoms with Gasteiger partial charge in [0, 0.05) is 48.4 Å². The highest BCUT2D eigenvalue weighted by Gasteiger charge is 2.43. The standard InChI is InChI=1S/C45H62BF9NO3.C6H2F3/c1-5-9-12-15-18-21-24-56(25-22-19-16-13-10-6-2,26-23-20-17-14-11-7-3)39(8-4)41-40(31-38(51)44(54)45(41)55)59-46(57-32-27-34(47)42(52)35(48)28-32)58-33-29-36(49)43(53)37(50)30-33;7-4-2-1-3-5(8)6(4)9/h27-31,39H,5-26H2,1-4H3;2-3H/q+1;-1. The van der Waals surface area contributed by atoms with Crippen molar-refractivity contribution in [2.45, 2.75) is 156 Å². The van der Waals surface area contributed by atoms with Gasteiger partial charge in [0.25, 0.3) is 0 Å². The van der Waals surface area contributed by atoms with Crippen LogP contribution in [0.1, 0.15) is 161 Å². The second-order valence-electron chi connectivity index (χ2n) is 17.0. The third kappa shape index (κ3) is 17.8. The van der Waals surface area contributed by atoms with Crippen molar-refractivity contribution in [3.8, 4) is 17.2 Å². The highest BCUT2D eigenvalue weighted by Crippen LogP contribution is 2.42. The third-order valence-electron chi connectivity index (χ3n) is 11.9. The number of hydrogen-bond acceptors (Lipinski definition) is 3. The van der Waals surface area contributed by atoms with Gasteiger partial charge >= 0.3 is 7.32 Å². The molecule has 0 N–H and O–H groups in total. The average molecular weight is 978 g/mol. The molecule has 0 fully saturated rings. The summed E-state index contributed by atoms with van der Waals surface area (Å²) in [5.74, 6) is -21.2. The fraction of sp³-hybridized carbons (Fsp3) is 0.529. The highest BCUT2D eigenvalue weighted by atomic mass is 19.2. The predicted octanol–water partition coefficient (Wildman–Crippen LogP) is 16.7. The molecule has 0 radical (unpaired) electrons. The minimum absolute atomic E-state index is 0.259. The van der Waals surface area contributed by atoms with Crippen LogP contribution in [-0.4, -0.2) is 31.4 Å². The quantitative estimate of drug-likeness (QED) is 0.0130. The lowest BCUT2D eigenvalue weighted by Gasteiger charge is -2.46. The first kappa shape index (κ1) is 57.8. The lowest BCUT2D eigenvalue weighted by molar-refractivity contribution is -0.958. The second-order valence-corrected chi connectivity index (χ2v) is 17.0. The molecule has 0 saturated carbocycles. The molecule has 17 heteroatoms. The minimum atomic E-state index is -2.33. The van der Waals surface area contributed by atoms with Crippen LogP contribution in [0.5, 0.6) is 17.2 Å². The number of halogens is 12. The van der Waals surface area contributed by atoms with Crippen molar-refractivity contribution in [3.63, 3.8) is 0 Å². The maximum Gasteiger partial charge on any atom is 0.864 e. The van der Waals surface area contributed by atoms with E-state index < -0.39 is 100 Å². The van der Waals surface area contributed by atoms with Crippen LogP contribution in [0, 0.1) is 75.9 Å². The Hall–Kier alpha value is -4.54. The van der Waals surface area contributed by atoms with E-state index in [1.807, 2.05) is 6.92 Å². The number of nitrogens with zero attached hydrogens (tertiary/aromatic N) is 1. The van der Waals surface area contributed by atoms with Crippen molar-refractivity contribution in [2.24, 2.45) is 0 Å². The van der Waals surface area contributed by atoms with Crippen LogP contribution in [0.2, 0.25) is 0 Å². The van der Waals surface area contributed by atoms with Gasteiger partial charge in [-0.15, -0.1) is 12.1 Å². The van der Waals surface area contributed by atoms with Gasteiger partial charge in [-0.1, -0.05) is 105 Å². The predicted molar refractivity (Wildman–Crippen MR) is 240 cm³/mol. The molecule has 1 atom stereocenters. The van der Waals surface area contributed by atoms with Gasteiger partial charge in [-0.25, -0.2) is 43.9 Å². The van der Waals surface area contributed by atoms with Gasteiger partial charge in [0.05, 0.1) is 31.0 Å². The third-order valence-corrected chi connectivity index (χ3v) is 11.9. The lowest BCUT2D eigenvalue weighted by Crippen LogP contribution is -2.53. The maximum absolute atomic E-state index is 16.6. The van der Waals surface area contributed by atoms with Gasteiger partial charge in [0.1, 0.15) is 23.3 Å². The van der Waals surface area contributed by atoms with E-state index in [9.17, 15) is 39.5 Å². The molecule has 0 amide bonds. The smallest absolute Gasteiger partial charge is 0.489 e. The summed E-state index contributed by atoms with van der Waals surface area (Å²) in [7, 11) is -2.33. The SMILES string of the molecule is CCCCCCCC[N+](CCCCCCCC)(CCCCCCCC)C(CC)c1c(OB(Oc2cc(F)c(F)c(F)c2)Oc2cc(F)c(F)c(F)c2)cc(F)c(F)c1F.Fc1c[c-]cc(F)c1F. The molecule has 0 aliphatic carbocycles. The molecule has 4 aromatic carbocycles. The Morgan fingerprint density at radius 2 is 0.750 bits per heavy atom. The molecule has 0 aliphatic heterocycles. The molecule has 0 spiro atoms. The molecule has 0 bridgehead atoms. The van der Waals surface area contributed by atoms with Gasteiger partial charge in [-0.3, -0.25) is 8.78 Å². The van der Waals surface area contributed by atoms with Gasteiger partial charge in [0.2, 0.25) is 0 Å². The topological polar surface area (TPSA) is 27.7 Å².